The van der Waals surface area contributed by atoms with Crippen LogP contribution in [0, 0.1) is 0 Å². The predicted octanol–water partition coefficient (Wildman–Crippen LogP) is 7.50. The van der Waals surface area contributed by atoms with E-state index >= 15 is 0 Å². The summed E-state index contributed by atoms with van der Waals surface area (Å²) in [7, 11) is -2.92. The summed E-state index contributed by atoms with van der Waals surface area (Å²) >= 11 is 0. The number of benzene rings is 4. The summed E-state index contributed by atoms with van der Waals surface area (Å²) in [6.45, 7) is 12.6. The van der Waals surface area contributed by atoms with Crippen molar-refractivity contribution in [2.24, 2.45) is 4.74 Å². The normalized spacial score (nSPS) is 12.4. The van der Waals surface area contributed by atoms with E-state index in [1.165, 1.54) is 0 Å². The maximum atomic E-state index is 11.9. The van der Waals surface area contributed by atoms with Gasteiger partial charge in [0.05, 0.1) is 12.7 Å². The fraction of sp³-hybridized carbons (Fsp3) is 0.250. The minimum absolute atomic E-state index is 0.238. The van der Waals surface area contributed by atoms with Gasteiger partial charge in [-0.25, -0.2) is 0 Å². The highest BCUT2D eigenvalue weighted by molar-refractivity contribution is 7.87. The van der Waals surface area contributed by atoms with Crippen LogP contribution < -0.4 is 15.9 Å². The van der Waals surface area contributed by atoms with E-state index in [4.69, 9.17) is 4.74 Å². The average molecular weight is 498 g/mol. The van der Waals surface area contributed by atoms with Gasteiger partial charge in [0.15, 0.2) is 0 Å². The van der Waals surface area contributed by atoms with Crippen molar-refractivity contribution in [1.82, 2.24) is 0 Å². The molecule has 0 saturated carbocycles. The van der Waals surface area contributed by atoms with Crippen LogP contribution >= 0.6 is 7.05 Å². The molecule has 0 saturated heterocycles. The zero-order valence-electron chi connectivity index (χ0n) is 22.0. The van der Waals surface area contributed by atoms with Gasteiger partial charge in [0.25, 0.3) is 0 Å². The largest absolute Gasteiger partial charge is 0.507 e. The van der Waals surface area contributed by atoms with Crippen molar-refractivity contribution in [1.29, 1.82) is 0 Å². The van der Waals surface area contributed by atoms with Gasteiger partial charge in [-0.1, -0.05) is 114 Å². The van der Waals surface area contributed by atoms with E-state index in [-0.39, 0.29) is 22.3 Å². The maximum absolute atomic E-state index is 11.9. The molecule has 0 radical (unpaired) electrons. The monoisotopic (exact) mass is 497 g/mol. The van der Waals surface area contributed by atoms with Crippen LogP contribution in [0.25, 0.3) is 0 Å². The second-order valence-electron chi connectivity index (χ2n) is 11.3. The van der Waals surface area contributed by atoms with Gasteiger partial charge in [-0.15, -0.1) is 0 Å². The lowest BCUT2D eigenvalue weighted by Crippen LogP contribution is -2.28. The van der Waals surface area contributed by atoms with E-state index < -0.39 is 7.05 Å². The van der Waals surface area contributed by atoms with E-state index in [1.807, 2.05) is 84.9 Å². The molecule has 0 heterocycles. The van der Waals surface area contributed by atoms with Gasteiger partial charge in [-0.3, -0.25) is 4.74 Å². The van der Waals surface area contributed by atoms with Crippen LogP contribution in [0.15, 0.2) is 102 Å². The molecular weight excluding hydrogens is 461 g/mol. The Kier molecular flexibility index (Phi) is 6.90. The Morgan fingerprint density at radius 2 is 0.944 bits per heavy atom. The van der Waals surface area contributed by atoms with E-state index in [0.717, 1.165) is 32.7 Å². The SMILES string of the molecule is CC(C)(C)c1cccc(P(=Nc2ccccc2)(c2ccccc2)c2cccc(C(C)(C)C)c2O)c1O. The summed E-state index contributed by atoms with van der Waals surface area (Å²) in [4.78, 5) is 0. The summed E-state index contributed by atoms with van der Waals surface area (Å²) < 4.78 is 5.46. The topological polar surface area (TPSA) is 52.8 Å². The smallest absolute Gasteiger partial charge is 0.129 e. The first kappa shape index (κ1) is 25.8. The Balaban J connectivity index is 2.26. The first-order valence-corrected chi connectivity index (χ1v) is 14.1. The standard InChI is InChI=1S/C32H36NO2P/c1-31(2,3)25-19-13-21-27(29(25)34)36(24-17-11-8-12-18-24,33-23-15-9-7-10-16-23)28-22-14-20-26(30(28)35)32(4,5)6/h7-22,34-35H,1-6H3. The van der Waals surface area contributed by atoms with Crippen molar-refractivity contribution < 1.29 is 10.2 Å². The number of nitrogens with zero attached hydrogens (tertiary/aromatic N) is 1. The van der Waals surface area contributed by atoms with E-state index in [2.05, 4.69) is 53.7 Å². The number of hydrogen-bond donors (Lipinski definition) is 2. The highest BCUT2D eigenvalue weighted by atomic mass is 31.2. The fourth-order valence-corrected chi connectivity index (χ4v) is 8.37. The minimum atomic E-state index is -2.92. The highest BCUT2D eigenvalue weighted by Gasteiger charge is 2.36. The molecule has 0 aliphatic heterocycles. The lowest BCUT2D eigenvalue weighted by Gasteiger charge is -2.32. The third kappa shape index (κ3) is 4.73. The molecule has 0 amide bonds. The third-order valence-corrected chi connectivity index (χ3v) is 10.2. The highest BCUT2D eigenvalue weighted by Crippen LogP contribution is 2.54. The average Bonchev–Trinajstić information content (AvgIpc) is 2.83. The number of phenols is 2. The number of aromatic hydroxyl groups is 2. The first-order chi connectivity index (χ1) is 17.0. The molecule has 4 heteroatoms. The molecule has 0 bridgehead atoms. The Hall–Kier alpha value is -3.29. The predicted molar refractivity (Wildman–Crippen MR) is 154 cm³/mol. The van der Waals surface area contributed by atoms with Crippen LogP contribution in [0.2, 0.25) is 0 Å². The van der Waals surface area contributed by atoms with Crippen molar-refractivity contribution in [2.45, 2.75) is 52.4 Å². The number of phenolic OH excluding ortho intramolecular Hbond substituents is 2. The quantitative estimate of drug-likeness (QED) is 0.287. The van der Waals surface area contributed by atoms with Gasteiger partial charge in [0, 0.05) is 15.9 Å². The molecule has 0 fully saturated rings. The third-order valence-electron chi connectivity index (χ3n) is 6.49. The van der Waals surface area contributed by atoms with E-state index in [0.29, 0.717) is 0 Å². The second-order valence-corrected chi connectivity index (χ2v) is 14.2. The molecule has 4 rings (SSSR count). The Morgan fingerprint density at radius 1 is 0.528 bits per heavy atom. The van der Waals surface area contributed by atoms with Crippen LogP contribution in [0.5, 0.6) is 11.5 Å². The molecule has 0 unspecified atom stereocenters. The van der Waals surface area contributed by atoms with Gasteiger partial charge in [-0.05, 0) is 46.2 Å². The Labute approximate surface area is 215 Å². The van der Waals surface area contributed by atoms with Crippen molar-refractivity contribution in [3.8, 4) is 11.5 Å². The summed E-state index contributed by atoms with van der Waals surface area (Å²) in [5.74, 6) is 0.477. The fourth-order valence-electron chi connectivity index (χ4n) is 4.68. The van der Waals surface area contributed by atoms with Gasteiger partial charge < -0.3 is 10.2 Å². The van der Waals surface area contributed by atoms with Crippen molar-refractivity contribution in [3.63, 3.8) is 0 Å². The summed E-state index contributed by atoms with van der Waals surface area (Å²) in [5, 5.41) is 26.2. The molecule has 0 atom stereocenters. The zero-order valence-corrected chi connectivity index (χ0v) is 22.9. The molecule has 0 aliphatic rings. The van der Waals surface area contributed by atoms with Crippen LogP contribution in [0.4, 0.5) is 5.69 Å². The Bertz CT molecular complexity index is 1340. The molecular formula is C32H36NO2P. The molecule has 0 aliphatic carbocycles. The number of rotatable bonds is 4. The molecule has 4 aromatic carbocycles. The molecule has 0 spiro atoms. The Morgan fingerprint density at radius 3 is 1.36 bits per heavy atom. The molecule has 3 nitrogen and oxygen atoms in total. The van der Waals surface area contributed by atoms with Crippen molar-refractivity contribution >= 4 is 28.7 Å². The molecule has 4 aromatic rings. The van der Waals surface area contributed by atoms with Crippen molar-refractivity contribution in [2.75, 3.05) is 0 Å². The molecule has 2 N–H and O–H groups in total. The molecule has 36 heavy (non-hydrogen) atoms. The number of para-hydroxylation sites is 2. The van der Waals surface area contributed by atoms with Gasteiger partial charge in [-0.2, -0.15) is 0 Å². The van der Waals surface area contributed by atoms with Gasteiger partial charge >= 0.3 is 0 Å². The maximum Gasteiger partial charge on any atom is 0.129 e. The zero-order chi connectivity index (χ0) is 26.1. The van der Waals surface area contributed by atoms with Crippen molar-refractivity contribution in [3.05, 3.63) is 108 Å². The summed E-state index contributed by atoms with van der Waals surface area (Å²) in [6.07, 6.45) is 0. The minimum Gasteiger partial charge on any atom is -0.507 e. The van der Waals surface area contributed by atoms with Gasteiger partial charge in [0.1, 0.15) is 11.5 Å². The molecule has 186 valence electrons. The lowest BCUT2D eigenvalue weighted by atomic mass is 9.86. The second kappa shape index (κ2) is 9.64. The summed E-state index contributed by atoms with van der Waals surface area (Å²) in [6, 6.07) is 31.9. The van der Waals surface area contributed by atoms with Crippen LogP contribution in [-0.2, 0) is 10.8 Å². The van der Waals surface area contributed by atoms with Gasteiger partial charge in [0.2, 0.25) is 0 Å². The molecule has 0 aromatic heterocycles. The van der Waals surface area contributed by atoms with Crippen LogP contribution in [-0.4, -0.2) is 10.2 Å². The lowest BCUT2D eigenvalue weighted by molar-refractivity contribution is 0.450. The van der Waals surface area contributed by atoms with E-state index in [9.17, 15) is 10.2 Å². The van der Waals surface area contributed by atoms with Crippen LogP contribution in [0.1, 0.15) is 52.7 Å². The summed E-state index contributed by atoms with van der Waals surface area (Å²) in [5.41, 5.74) is 1.98. The van der Waals surface area contributed by atoms with E-state index in [1.54, 1.807) is 0 Å². The number of hydrogen-bond acceptors (Lipinski definition) is 3. The van der Waals surface area contributed by atoms with Crippen LogP contribution in [0.3, 0.4) is 0 Å². The first-order valence-electron chi connectivity index (χ1n) is 12.4.